The van der Waals surface area contributed by atoms with E-state index in [2.05, 4.69) is 58.9 Å². The molecule has 0 amide bonds. The molecule has 2 heterocycles. The molecule has 1 aliphatic rings. The highest BCUT2D eigenvalue weighted by atomic mass is 15.2. The third-order valence-electron chi connectivity index (χ3n) is 4.49. The Hall–Kier alpha value is -1.32. The van der Waals surface area contributed by atoms with Crippen LogP contribution in [0.4, 0.5) is 0 Å². The van der Waals surface area contributed by atoms with Crippen molar-refractivity contribution in [3.63, 3.8) is 0 Å². The van der Waals surface area contributed by atoms with Crippen LogP contribution in [0.5, 0.6) is 0 Å². The number of benzene rings is 1. The van der Waals surface area contributed by atoms with E-state index in [0.717, 1.165) is 0 Å². The quantitative estimate of drug-likeness (QED) is 0.846. The minimum atomic E-state index is 1.19. The van der Waals surface area contributed by atoms with Gasteiger partial charge in [0, 0.05) is 44.9 Å². The van der Waals surface area contributed by atoms with Gasteiger partial charge in [0.25, 0.3) is 0 Å². The number of piperazine rings is 1. The lowest BCUT2D eigenvalue weighted by Crippen LogP contribution is -2.44. The first-order valence-corrected chi connectivity index (χ1v) is 7.67. The number of aromatic nitrogens is 1. The van der Waals surface area contributed by atoms with Gasteiger partial charge in [0.2, 0.25) is 0 Å². The first-order valence-electron chi connectivity index (χ1n) is 7.67. The van der Waals surface area contributed by atoms with Crippen LogP contribution in [0.25, 0.3) is 10.9 Å². The summed E-state index contributed by atoms with van der Waals surface area (Å²) in [6.45, 7) is 6.13. The zero-order valence-electron chi connectivity index (χ0n) is 12.7. The van der Waals surface area contributed by atoms with Crippen LogP contribution in [0.3, 0.4) is 0 Å². The molecule has 1 aliphatic heterocycles. The molecule has 0 spiro atoms. The maximum absolute atomic E-state index is 2.60. The zero-order valence-corrected chi connectivity index (χ0v) is 12.7. The van der Waals surface area contributed by atoms with E-state index < -0.39 is 0 Å². The summed E-state index contributed by atoms with van der Waals surface area (Å²) in [6, 6.07) is 9.09. The molecule has 20 heavy (non-hydrogen) atoms. The lowest BCUT2D eigenvalue weighted by Gasteiger charge is -2.32. The number of likely N-dealkylation sites (N-methyl/N-ethyl adjacent to an activating group) is 1. The van der Waals surface area contributed by atoms with Gasteiger partial charge in [0.1, 0.15) is 0 Å². The highest BCUT2D eigenvalue weighted by molar-refractivity contribution is 5.80. The monoisotopic (exact) mass is 271 g/mol. The van der Waals surface area contributed by atoms with Crippen LogP contribution in [-0.4, -0.2) is 54.1 Å². The molecule has 1 fully saturated rings. The molecular weight excluding hydrogens is 246 g/mol. The zero-order chi connectivity index (χ0) is 13.9. The summed E-state index contributed by atoms with van der Waals surface area (Å²) in [7, 11) is 4.32. The fraction of sp³-hybridized carbons (Fsp3) is 0.529. The van der Waals surface area contributed by atoms with E-state index in [9.17, 15) is 0 Å². The predicted molar refractivity (Wildman–Crippen MR) is 85.2 cm³/mol. The molecule has 0 aliphatic carbocycles. The highest BCUT2D eigenvalue weighted by Crippen LogP contribution is 2.17. The molecule has 1 aromatic heterocycles. The number of fused-ring (bicyclic) bond motifs is 1. The highest BCUT2D eigenvalue weighted by Gasteiger charge is 2.12. The summed E-state index contributed by atoms with van der Waals surface area (Å²) in [5.74, 6) is 0. The minimum Gasteiger partial charge on any atom is -0.351 e. The second kappa shape index (κ2) is 5.98. The van der Waals surface area contributed by atoms with Crippen LogP contribution in [0.1, 0.15) is 12.0 Å². The van der Waals surface area contributed by atoms with Crippen molar-refractivity contribution >= 4 is 10.9 Å². The second-order valence-corrected chi connectivity index (χ2v) is 6.07. The molecule has 0 bridgehead atoms. The van der Waals surface area contributed by atoms with Crippen LogP contribution in [0.2, 0.25) is 0 Å². The number of hydrogen-bond acceptors (Lipinski definition) is 2. The van der Waals surface area contributed by atoms with Crippen molar-refractivity contribution in [3.8, 4) is 0 Å². The first kappa shape index (κ1) is 13.7. The van der Waals surface area contributed by atoms with Crippen LogP contribution < -0.4 is 0 Å². The smallest absolute Gasteiger partial charge is 0.0477 e. The molecule has 0 atom stereocenters. The van der Waals surface area contributed by atoms with Crippen LogP contribution in [0, 0.1) is 0 Å². The van der Waals surface area contributed by atoms with Crippen LogP contribution in [0.15, 0.2) is 30.5 Å². The van der Waals surface area contributed by atoms with Gasteiger partial charge in [-0.2, -0.15) is 0 Å². The van der Waals surface area contributed by atoms with E-state index in [1.54, 1.807) is 0 Å². The molecule has 0 N–H and O–H groups in total. The molecule has 3 rings (SSSR count). The molecule has 2 aromatic rings. The Labute approximate surface area is 121 Å². The van der Waals surface area contributed by atoms with Gasteiger partial charge in [-0.3, -0.25) is 0 Å². The Kier molecular flexibility index (Phi) is 4.08. The second-order valence-electron chi connectivity index (χ2n) is 6.07. The third-order valence-corrected chi connectivity index (χ3v) is 4.49. The van der Waals surface area contributed by atoms with Gasteiger partial charge in [0.05, 0.1) is 0 Å². The molecule has 3 nitrogen and oxygen atoms in total. The van der Waals surface area contributed by atoms with Crippen molar-refractivity contribution < 1.29 is 0 Å². The Balaban J connectivity index is 1.52. The molecule has 1 aromatic carbocycles. The van der Waals surface area contributed by atoms with Crippen molar-refractivity contribution in [1.82, 2.24) is 14.4 Å². The molecule has 0 radical (unpaired) electrons. The minimum absolute atomic E-state index is 1.19. The third kappa shape index (κ3) is 3.05. The molecule has 0 unspecified atom stereocenters. The predicted octanol–water partition coefficient (Wildman–Crippen LogP) is 2.36. The fourth-order valence-electron chi connectivity index (χ4n) is 3.06. The van der Waals surface area contributed by atoms with Crippen molar-refractivity contribution in [2.45, 2.75) is 12.8 Å². The summed E-state index contributed by atoms with van der Waals surface area (Å²) in [5, 5.41) is 1.37. The standard InChI is InChI=1S/C17H25N3/c1-18-10-12-20(13-11-18)8-3-4-15-5-6-17-16(14-15)7-9-19(17)2/h5-7,9,14H,3-4,8,10-13H2,1-2H3. The summed E-state index contributed by atoms with van der Waals surface area (Å²) in [5.41, 5.74) is 2.80. The maximum Gasteiger partial charge on any atom is 0.0477 e. The van der Waals surface area contributed by atoms with Gasteiger partial charge < -0.3 is 14.4 Å². The molecular formula is C17H25N3. The average molecular weight is 271 g/mol. The van der Waals surface area contributed by atoms with Gasteiger partial charge in [-0.1, -0.05) is 6.07 Å². The first-order chi connectivity index (χ1) is 9.72. The van der Waals surface area contributed by atoms with E-state index >= 15 is 0 Å². The van der Waals surface area contributed by atoms with E-state index in [4.69, 9.17) is 0 Å². The van der Waals surface area contributed by atoms with Gasteiger partial charge in [0.15, 0.2) is 0 Å². The van der Waals surface area contributed by atoms with Crippen molar-refractivity contribution in [3.05, 3.63) is 36.0 Å². The summed E-state index contributed by atoms with van der Waals surface area (Å²) >= 11 is 0. The Morgan fingerprint density at radius 3 is 2.60 bits per heavy atom. The summed E-state index contributed by atoms with van der Waals surface area (Å²) in [6.07, 6.45) is 4.60. The van der Waals surface area contributed by atoms with Gasteiger partial charge in [-0.15, -0.1) is 0 Å². The van der Waals surface area contributed by atoms with E-state index in [-0.39, 0.29) is 0 Å². The average Bonchev–Trinajstić information content (AvgIpc) is 2.82. The number of hydrogen-bond donors (Lipinski definition) is 0. The Morgan fingerprint density at radius 2 is 1.80 bits per heavy atom. The van der Waals surface area contributed by atoms with Gasteiger partial charge in [-0.25, -0.2) is 0 Å². The number of rotatable bonds is 4. The van der Waals surface area contributed by atoms with Gasteiger partial charge >= 0.3 is 0 Å². The number of nitrogens with zero attached hydrogens (tertiary/aromatic N) is 3. The lowest BCUT2D eigenvalue weighted by molar-refractivity contribution is 0.153. The topological polar surface area (TPSA) is 11.4 Å². The molecule has 108 valence electrons. The van der Waals surface area contributed by atoms with E-state index in [1.807, 2.05) is 0 Å². The number of aryl methyl sites for hydroxylation is 2. The molecule has 0 saturated carbocycles. The Bertz CT molecular complexity index is 565. The van der Waals surface area contributed by atoms with E-state index in [0.29, 0.717) is 0 Å². The van der Waals surface area contributed by atoms with Crippen LogP contribution >= 0.6 is 0 Å². The van der Waals surface area contributed by atoms with Crippen LogP contribution in [-0.2, 0) is 13.5 Å². The van der Waals surface area contributed by atoms with E-state index in [1.165, 1.54) is 62.0 Å². The molecule has 1 saturated heterocycles. The summed E-state index contributed by atoms with van der Waals surface area (Å²) in [4.78, 5) is 5.01. The lowest BCUT2D eigenvalue weighted by atomic mass is 10.1. The maximum atomic E-state index is 2.60. The summed E-state index contributed by atoms with van der Waals surface area (Å²) < 4.78 is 2.18. The largest absolute Gasteiger partial charge is 0.351 e. The Morgan fingerprint density at radius 1 is 1.00 bits per heavy atom. The van der Waals surface area contributed by atoms with Crippen molar-refractivity contribution in [1.29, 1.82) is 0 Å². The normalized spacial score (nSPS) is 17.9. The van der Waals surface area contributed by atoms with Crippen molar-refractivity contribution in [2.75, 3.05) is 39.8 Å². The van der Waals surface area contributed by atoms with Crippen molar-refractivity contribution in [2.24, 2.45) is 7.05 Å². The van der Waals surface area contributed by atoms with Gasteiger partial charge in [-0.05, 0) is 55.6 Å². The molecule has 3 heteroatoms. The SMILES string of the molecule is CN1CCN(CCCc2ccc3c(ccn3C)c2)CC1. The fourth-order valence-corrected chi connectivity index (χ4v) is 3.06.